The zero-order chi connectivity index (χ0) is 21.5. The van der Waals surface area contributed by atoms with E-state index in [1.807, 2.05) is 37.3 Å². The van der Waals surface area contributed by atoms with E-state index in [2.05, 4.69) is 10.0 Å². The minimum Gasteiger partial charge on any atom is -0.467 e. The van der Waals surface area contributed by atoms with Gasteiger partial charge in [-0.05, 0) is 37.1 Å². The zero-order valence-corrected chi connectivity index (χ0v) is 17.6. The van der Waals surface area contributed by atoms with Crippen LogP contribution in [0.5, 0.6) is 0 Å². The van der Waals surface area contributed by atoms with Crippen LogP contribution >= 0.6 is 0 Å². The van der Waals surface area contributed by atoms with Crippen molar-refractivity contribution in [1.82, 2.24) is 10.0 Å². The number of carbonyl (C=O) groups excluding carboxylic acids is 2. The Morgan fingerprint density at radius 3 is 2.38 bits per heavy atom. The maximum Gasteiger partial charge on any atom is 0.331 e. The van der Waals surface area contributed by atoms with Gasteiger partial charge < -0.3 is 10.1 Å². The maximum absolute atomic E-state index is 12.7. The van der Waals surface area contributed by atoms with Crippen molar-refractivity contribution in [3.8, 4) is 0 Å². The molecule has 0 aliphatic heterocycles. The second kappa shape index (κ2) is 9.67. The maximum atomic E-state index is 12.7. The van der Waals surface area contributed by atoms with E-state index >= 15 is 0 Å². The van der Waals surface area contributed by atoms with Crippen molar-refractivity contribution in [3.63, 3.8) is 0 Å². The number of benzene rings is 2. The summed E-state index contributed by atoms with van der Waals surface area (Å²) >= 11 is 0. The van der Waals surface area contributed by atoms with Gasteiger partial charge in [0.05, 0.1) is 12.0 Å². The van der Waals surface area contributed by atoms with Gasteiger partial charge in [0, 0.05) is 12.1 Å². The van der Waals surface area contributed by atoms with Gasteiger partial charge in [0.15, 0.2) is 0 Å². The summed E-state index contributed by atoms with van der Waals surface area (Å²) in [5.74, 6) is -1.10. The van der Waals surface area contributed by atoms with Crippen LogP contribution in [0.1, 0.15) is 42.6 Å². The first-order valence-electron chi connectivity index (χ1n) is 9.26. The highest BCUT2D eigenvalue weighted by molar-refractivity contribution is 7.89. The number of rotatable bonds is 9. The summed E-state index contributed by atoms with van der Waals surface area (Å²) in [5.41, 5.74) is -0.238. The van der Waals surface area contributed by atoms with Crippen LogP contribution in [0.2, 0.25) is 0 Å². The molecule has 1 unspecified atom stereocenters. The molecule has 0 bridgehead atoms. The molecule has 2 aromatic rings. The Kier molecular flexibility index (Phi) is 7.53. The molecule has 0 spiro atoms. The van der Waals surface area contributed by atoms with Crippen molar-refractivity contribution >= 4 is 21.9 Å². The van der Waals surface area contributed by atoms with E-state index in [-0.39, 0.29) is 17.0 Å². The molecule has 0 saturated heterocycles. The molecule has 156 valence electrons. The third-order valence-electron chi connectivity index (χ3n) is 4.49. The lowest BCUT2D eigenvalue weighted by molar-refractivity contribution is -0.147. The highest BCUT2D eigenvalue weighted by Gasteiger charge is 2.35. The number of esters is 1. The van der Waals surface area contributed by atoms with Gasteiger partial charge in [0.1, 0.15) is 5.54 Å². The zero-order valence-electron chi connectivity index (χ0n) is 16.8. The van der Waals surface area contributed by atoms with Gasteiger partial charge in [0.25, 0.3) is 5.91 Å². The first-order valence-corrected chi connectivity index (χ1v) is 10.7. The first-order chi connectivity index (χ1) is 13.7. The van der Waals surface area contributed by atoms with Crippen LogP contribution in [0.15, 0.2) is 59.5 Å². The van der Waals surface area contributed by atoms with Crippen molar-refractivity contribution in [2.75, 3.05) is 7.11 Å². The number of nitrogens with one attached hydrogen (secondary N) is 2. The number of amides is 1. The molecule has 2 rings (SSSR count). The van der Waals surface area contributed by atoms with E-state index in [4.69, 9.17) is 4.74 Å². The van der Waals surface area contributed by atoms with Gasteiger partial charge in [0.2, 0.25) is 10.0 Å². The van der Waals surface area contributed by atoms with Crippen LogP contribution in [0.4, 0.5) is 0 Å². The van der Waals surface area contributed by atoms with Crippen molar-refractivity contribution < 1.29 is 22.7 Å². The third kappa shape index (κ3) is 5.88. The molecule has 0 aliphatic carbocycles. The minimum atomic E-state index is -3.81. The monoisotopic (exact) mass is 418 g/mol. The topological polar surface area (TPSA) is 102 Å². The van der Waals surface area contributed by atoms with E-state index in [1.165, 1.54) is 31.4 Å². The van der Waals surface area contributed by atoms with Crippen molar-refractivity contribution in [2.45, 2.75) is 43.7 Å². The minimum absolute atomic E-state index is 0.0312. The van der Waals surface area contributed by atoms with Crippen LogP contribution < -0.4 is 10.0 Å². The highest BCUT2D eigenvalue weighted by Crippen LogP contribution is 2.17. The van der Waals surface area contributed by atoms with E-state index < -0.39 is 27.4 Å². The normalized spacial score (nSPS) is 13.3. The Morgan fingerprint density at radius 2 is 1.76 bits per heavy atom. The molecular formula is C21H26N2O5S. The van der Waals surface area contributed by atoms with Gasteiger partial charge >= 0.3 is 5.97 Å². The quantitative estimate of drug-likeness (QED) is 0.610. The van der Waals surface area contributed by atoms with Gasteiger partial charge in [-0.3, -0.25) is 4.79 Å². The average Bonchev–Trinajstić information content (AvgIpc) is 2.72. The van der Waals surface area contributed by atoms with Crippen LogP contribution in [-0.2, 0) is 26.1 Å². The molecule has 1 atom stereocenters. The van der Waals surface area contributed by atoms with Gasteiger partial charge in [-0.25, -0.2) is 17.9 Å². The van der Waals surface area contributed by atoms with E-state index in [0.29, 0.717) is 12.8 Å². The molecule has 29 heavy (non-hydrogen) atoms. The average molecular weight is 419 g/mol. The fraction of sp³-hybridized carbons (Fsp3) is 0.333. The standard InChI is InChI=1S/C21H26N2O5S/c1-4-13-21(2,20(25)28-3)23-19(24)17-11-8-12-18(14-17)29(26,27)22-15-16-9-6-5-7-10-16/h5-12,14,22H,4,13,15H2,1-3H3,(H,23,24). The molecule has 2 aromatic carbocycles. The summed E-state index contributed by atoms with van der Waals surface area (Å²) in [6.45, 7) is 3.61. The molecule has 0 fully saturated rings. The predicted octanol–water partition coefficient (Wildman–Crippen LogP) is 2.63. The molecule has 1 amide bonds. The highest BCUT2D eigenvalue weighted by atomic mass is 32.2. The summed E-state index contributed by atoms with van der Waals surface area (Å²) in [7, 11) is -2.55. The number of hydrogen-bond acceptors (Lipinski definition) is 5. The molecule has 0 aliphatic rings. The van der Waals surface area contributed by atoms with Crippen molar-refractivity contribution in [1.29, 1.82) is 0 Å². The van der Waals surface area contributed by atoms with E-state index in [9.17, 15) is 18.0 Å². The molecule has 7 nitrogen and oxygen atoms in total. The number of carbonyl (C=O) groups is 2. The van der Waals surface area contributed by atoms with Crippen molar-refractivity contribution in [3.05, 3.63) is 65.7 Å². The van der Waals surface area contributed by atoms with Gasteiger partial charge in [-0.1, -0.05) is 49.7 Å². The van der Waals surface area contributed by atoms with Gasteiger partial charge in [-0.2, -0.15) is 0 Å². The molecule has 0 saturated carbocycles. The number of methoxy groups -OCH3 is 1. The second-order valence-electron chi connectivity index (χ2n) is 6.87. The third-order valence-corrected chi connectivity index (χ3v) is 5.89. The number of sulfonamides is 1. The second-order valence-corrected chi connectivity index (χ2v) is 8.63. The van der Waals surface area contributed by atoms with E-state index in [0.717, 1.165) is 5.56 Å². The van der Waals surface area contributed by atoms with Crippen LogP contribution in [0.3, 0.4) is 0 Å². The molecule has 0 aromatic heterocycles. The summed E-state index contributed by atoms with van der Waals surface area (Å²) in [6.07, 6.45) is 1.05. The Bertz CT molecular complexity index is 960. The summed E-state index contributed by atoms with van der Waals surface area (Å²) in [5, 5.41) is 2.67. The fourth-order valence-electron chi connectivity index (χ4n) is 2.93. The lowest BCUT2D eigenvalue weighted by Crippen LogP contribution is -2.52. The summed E-state index contributed by atoms with van der Waals surface area (Å²) in [4.78, 5) is 24.7. The molecular weight excluding hydrogens is 392 g/mol. The van der Waals surface area contributed by atoms with Gasteiger partial charge in [-0.15, -0.1) is 0 Å². The Hall–Kier alpha value is -2.71. The van der Waals surface area contributed by atoms with Crippen LogP contribution in [-0.4, -0.2) is 32.9 Å². The van der Waals surface area contributed by atoms with Crippen LogP contribution in [0.25, 0.3) is 0 Å². The first kappa shape index (κ1) is 22.6. The lowest BCUT2D eigenvalue weighted by Gasteiger charge is -2.27. The Morgan fingerprint density at radius 1 is 1.07 bits per heavy atom. The smallest absolute Gasteiger partial charge is 0.331 e. The SMILES string of the molecule is CCCC(C)(NC(=O)c1cccc(S(=O)(=O)NCc2ccccc2)c1)C(=O)OC. The summed E-state index contributed by atoms with van der Waals surface area (Å²) < 4.78 is 32.5. The predicted molar refractivity (Wildman–Crippen MR) is 110 cm³/mol. The number of hydrogen-bond donors (Lipinski definition) is 2. The molecule has 8 heteroatoms. The molecule has 2 N–H and O–H groups in total. The summed E-state index contributed by atoms with van der Waals surface area (Å²) in [6, 6.07) is 14.8. The van der Waals surface area contributed by atoms with Crippen LogP contribution in [0, 0.1) is 0 Å². The lowest BCUT2D eigenvalue weighted by atomic mass is 9.95. The Balaban J connectivity index is 2.19. The molecule has 0 heterocycles. The molecule has 0 radical (unpaired) electrons. The largest absolute Gasteiger partial charge is 0.467 e. The van der Waals surface area contributed by atoms with E-state index in [1.54, 1.807) is 6.92 Å². The van der Waals surface area contributed by atoms with Crippen molar-refractivity contribution in [2.24, 2.45) is 0 Å². The Labute approximate surface area is 171 Å². The number of ether oxygens (including phenoxy) is 1. The fourth-order valence-corrected chi connectivity index (χ4v) is 3.99.